The van der Waals surface area contributed by atoms with E-state index in [0.29, 0.717) is 6.61 Å². The minimum atomic E-state index is -0.854. The van der Waals surface area contributed by atoms with E-state index in [1.54, 1.807) is 18.4 Å². The van der Waals surface area contributed by atoms with Gasteiger partial charge in [0.05, 0.1) is 22.8 Å². The molecular formula is C14H24N2O2S. The number of nitrogens with zero attached hydrogens (tertiary/aromatic N) is 2. The van der Waals surface area contributed by atoms with Gasteiger partial charge in [0.2, 0.25) is 0 Å². The zero-order chi connectivity index (χ0) is 14.0. The third-order valence-corrected chi connectivity index (χ3v) is 5.05. The Bertz CT molecular complexity index is 418. The van der Waals surface area contributed by atoms with Crippen LogP contribution in [0.5, 0.6) is 0 Å². The number of aliphatic hydroxyl groups is 1. The molecule has 19 heavy (non-hydrogen) atoms. The van der Waals surface area contributed by atoms with Crippen LogP contribution in [0.3, 0.4) is 0 Å². The lowest BCUT2D eigenvalue weighted by Gasteiger charge is -2.29. The van der Waals surface area contributed by atoms with Crippen molar-refractivity contribution in [2.75, 3.05) is 25.1 Å². The van der Waals surface area contributed by atoms with Crippen molar-refractivity contribution in [1.82, 2.24) is 4.98 Å². The standard InChI is InChI=1S/C14H24N2O2S/c1-10-5-7-16(8-6-10)13-15-11(9-18-4)12(19-13)14(2,3)17/h10,17H,5-9H2,1-4H3. The van der Waals surface area contributed by atoms with Crippen molar-refractivity contribution in [1.29, 1.82) is 0 Å². The number of thiazole rings is 1. The zero-order valence-corrected chi connectivity index (χ0v) is 13.1. The van der Waals surface area contributed by atoms with E-state index >= 15 is 0 Å². The summed E-state index contributed by atoms with van der Waals surface area (Å²) in [6.07, 6.45) is 2.44. The number of hydrogen-bond acceptors (Lipinski definition) is 5. The first kappa shape index (κ1) is 14.8. The summed E-state index contributed by atoms with van der Waals surface area (Å²) in [4.78, 5) is 7.93. The number of anilines is 1. The van der Waals surface area contributed by atoms with E-state index in [4.69, 9.17) is 4.74 Å². The Morgan fingerprint density at radius 2 is 2.05 bits per heavy atom. The molecule has 4 nitrogen and oxygen atoms in total. The molecule has 1 fully saturated rings. The Hall–Kier alpha value is -0.650. The highest BCUT2D eigenvalue weighted by Crippen LogP contribution is 2.36. The molecule has 2 rings (SSSR count). The van der Waals surface area contributed by atoms with Gasteiger partial charge in [0.1, 0.15) is 0 Å². The van der Waals surface area contributed by atoms with E-state index in [1.165, 1.54) is 12.8 Å². The summed E-state index contributed by atoms with van der Waals surface area (Å²) in [5.41, 5.74) is 0.0148. The third kappa shape index (κ3) is 3.46. The van der Waals surface area contributed by atoms with E-state index in [2.05, 4.69) is 16.8 Å². The summed E-state index contributed by atoms with van der Waals surface area (Å²) in [6.45, 7) is 8.50. The number of aromatic nitrogens is 1. The fraction of sp³-hybridized carbons (Fsp3) is 0.786. The first-order valence-corrected chi connectivity index (χ1v) is 7.70. The number of piperidine rings is 1. The summed E-state index contributed by atoms with van der Waals surface area (Å²) < 4.78 is 5.20. The summed E-state index contributed by atoms with van der Waals surface area (Å²) >= 11 is 1.60. The normalized spacial score (nSPS) is 18.1. The molecule has 2 heterocycles. The molecule has 0 aliphatic carbocycles. The van der Waals surface area contributed by atoms with Crippen molar-refractivity contribution in [2.45, 2.75) is 45.8 Å². The Kier molecular flexibility index (Phi) is 4.48. The highest BCUT2D eigenvalue weighted by atomic mass is 32.1. The fourth-order valence-electron chi connectivity index (χ4n) is 2.39. The molecule has 0 aromatic carbocycles. The minimum absolute atomic E-state index is 0.458. The molecule has 5 heteroatoms. The second kappa shape index (κ2) is 5.77. The van der Waals surface area contributed by atoms with Crippen LogP contribution in [0.2, 0.25) is 0 Å². The average Bonchev–Trinajstić information content (AvgIpc) is 2.74. The third-order valence-electron chi connectivity index (χ3n) is 3.58. The second-order valence-electron chi connectivity index (χ2n) is 5.93. The first-order valence-electron chi connectivity index (χ1n) is 6.88. The molecule has 0 unspecified atom stereocenters. The van der Waals surface area contributed by atoms with Crippen LogP contribution in [0.15, 0.2) is 0 Å². The lowest BCUT2D eigenvalue weighted by molar-refractivity contribution is 0.0782. The second-order valence-corrected chi connectivity index (χ2v) is 6.91. The molecule has 1 saturated heterocycles. The lowest BCUT2D eigenvalue weighted by atomic mass is 10.00. The summed E-state index contributed by atoms with van der Waals surface area (Å²) in [5.74, 6) is 0.809. The van der Waals surface area contributed by atoms with Gasteiger partial charge in [0.15, 0.2) is 5.13 Å². The zero-order valence-electron chi connectivity index (χ0n) is 12.3. The smallest absolute Gasteiger partial charge is 0.185 e. The summed E-state index contributed by atoms with van der Waals surface area (Å²) in [7, 11) is 1.66. The van der Waals surface area contributed by atoms with Crippen LogP contribution in [-0.4, -0.2) is 30.3 Å². The quantitative estimate of drug-likeness (QED) is 0.923. The van der Waals surface area contributed by atoms with E-state index < -0.39 is 5.60 Å². The molecule has 0 bridgehead atoms. The molecule has 0 spiro atoms. The Balaban J connectivity index is 2.22. The van der Waals surface area contributed by atoms with Crippen molar-refractivity contribution < 1.29 is 9.84 Å². The van der Waals surface area contributed by atoms with Crippen LogP contribution in [0.4, 0.5) is 5.13 Å². The van der Waals surface area contributed by atoms with E-state index in [-0.39, 0.29) is 0 Å². The van der Waals surface area contributed by atoms with Crippen molar-refractivity contribution in [3.8, 4) is 0 Å². The van der Waals surface area contributed by atoms with Gasteiger partial charge in [0.25, 0.3) is 0 Å². The lowest BCUT2D eigenvalue weighted by Crippen LogP contribution is -2.32. The largest absolute Gasteiger partial charge is 0.385 e. The van der Waals surface area contributed by atoms with Gasteiger partial charge >= 0.3 is 0 Å². The van der Waals surface area contributed by atoms with Gasteiger partial charge in [-0.1, -0.05) is 18.3 Å². The molecule has 1 aromatic rings. The van der Waals surface area contributed by atoms with Crippen molar-refractivity contribution >= 4 is 16.5 Å². The van der Waals surface area contributed by atoms with E-state index in [0.717, 1.165) is 34.7 Å². The SMILES string of the molecule is COCc1nc(N2CCC(C)CC2)sc1C(C)(C)O. The van der Waals surface area contributed by atoms with Gasteiger partial charge in [-0.3, -0.25) is 0 Å². The van der Waals surface area contributed by atoms with Gasteiger partial charge in [-0.05, 0) is 32.6 Å². The molecular weight excluding hydrogens is 260 g/mol. The monoisotopic (exact) mass is 284 g/mol. The maximum Gasteiger partial charge on any atom is 0.185 e. The van der Waals surface area contributed by atoms with Gasteiger partial charge in [-0.2, -0.15) is 0 Å². The predicted molar refractivity (Wildman–Crippen MR) is 78.7 cm³/mol. The number of ether oxygens (including phenoxy) is 1. The van der Waals surface area contributed by atoms with Gasteiger partial charge < -0.3 is 14.7 Å². The highest BCUT2D eigenvalue weighted by molar-refractivity contribution is 7.15. The molecule has 0 amide bonds. The Labute approximate surface area is 119 Å². The van der Waals surface area contributed by atoms with Crippen LogP contribution >= 0.6 is 11.3 Å². The first-order chi connectivity index (χ1) is 8.91. The topological polar surface area (TPSA) is 45.6 Å². The molecule has 1 aliphatic heterocycles. The van der Waals surface area contributed by atoms with Crippen LogP contribution in [0.25, 0.3) is 0 Å². The van der Waals surface area contributed by atoms with Crippen LogP contribution < -0.4 is 4.90 Å². The van der Waals surface area contributed by atoms with Crippen LogP contribution in [0.1, 0.15) is 44.2 Å². The van der Waals surface area contributed by atoms with Gasteiger partial charge in [-0.15, -0.1) is 0 Å². The van der Waals surface area contributed by atoms with Crippen molar-refractivity contribution in [3.63, 3.8) is 0 Å². The maximum absolute atomic E-state index is 10.2. The maximum atomic E-state index is 10.2. The van der Waals surface area contributed by atoms with Gasteiger partial charge in [0, 0.05) is 20.2 Å². The number of methoxy groups -OCH3 is 1. The Morgan fingerprint density at radius 1 is 1.42 bits per heavy atom. The molecule has 0 radical (unpaired) electrons. The summed E-state index contributed by atoms with van der Waals surface area (Å²) in [5, 5.41) is 11.3. The van der Waals surface area contributed by atoms with E-state index in [9.17, 15) is 5.11 Å². The molecule has 1 aliphatic rings. The average molecular weight is 284 g/mol. The van der Waals surface area contributed by atoms with Crippen LogP contribution in [-0.2, 0) is 16.9 Å². The molecule has 1 aromatic heterocycles. The predicted octanol–water partition coefficient (Wildman–Crippen LogP) is 2.75. The van der Waals surface area contributed by atoms with E-state index in [1.807, 2.05) is 13.8 Å². The molecule has 0 atom stereocenters. The van der Waals surface area contributed by atoms with Crippen molar-refractivity contribution in [3.05, 3.63) is 10.6 Å². The molecule has 0 saturated carbocycles. The fourth-order valence-corrected chi connectivity index (χ4v) is 3.51. The molecule has 1 N–H and O–H groups in total. The van der Waals surface area contributed by atoms with Gasteiger partial charge in [-0.25, -0.2) is 4.98 Å². The number of hydrogen-bond donors (Lipinski definition) is 1. The summed E-state index contributed by atoms with van der Waals surface area (Å²) in [6, 6.07) is 0. The number of rotatable bonds is 4. The minimum Gasteiger partial charge on any atom is -0.385 e. The molecule has 108 valence electrons. The highest BCUT2D eigenvalue weighted by Gasteiger charge is 2.27. The Morgan fingerprint density at radius 3 is 2.58 bits per heavy atom. The van der Waals surface area contributed by atoms with Crippen molar-refractivity contribution in [2.24, 2.45) is 5.92 Å². The van der Waals surface area contributed by atoms with Crippen LogP contribution in [0, 0.1) is 5.92 Å².